The molecule has 0 radical (unpaired) electrons. The third-order valence-electron chi connectivity index (χ3n) is 4.80. The lowest BCUT2D eigenvalue weighted by Crippen LogP contribution is -2.22. The van der Waals surface area contributed by atoms with Gasteiger partial charge in [0.1, 0.15) is 18.1 Å². The lowest BCUT2D eigenvalue weighted by atomic mass is 10.2. The molecule has 0 saturated carbocycles. The van der Waals surface area contributed by atoms with Crippen molar-refractivity contribution < 1.29 is 14.3 Å². The summed E-state index contributed by atoms with van der Waals surface area (Å²) >= 11 is 2.83. The molecule has 2 aromatic heterocycles. The number of amides is 1. The first kappa shape index (κ1) is 23.6. The topological polar surface area (TPSA) is 108 Å². The van der Waals surface area contributed by atoms with Gasteiger partial charge in [-0.3, -0.25) is 9.69 Å². The van der Waals surface area contributed by atoms with Gasteiger partial charge in [-0.05, 0) is 36.8 Å². The number of aromatic nitrogens is 4. The minimum atomic E-state index is -0.0958. The van der Waals surface area contributed by atoms with E-state index in [1.807, 2.05) is 54.8 Å². The van der Waals surface area contributed by atoms with Crippen molar-refractivity contribution in [2.45, 2.75) is 31.4 Å². The van der Waals surface area contributed by atoms with Crippen molar-refractivity contribution in [3.05, 3.63) is 71.0 Å². The van der Waals surface area contributed by atoms with Crippen molar-refractivity contribution in [2.75, 3.05) is 17.9 Å². The second kappa shape index (κ2) is 10.6. The van der Waals surface area contributed by atoms with Crippen LogP contribution in [0, 0.1) is 6.92 Å². The number of aryl methyl sites for hydroxylation is 1. The third kappa shape index (κ3) is 5.49. The highest BCUT2D eigenvalue weighted by atomic mass is 32.2. The first-order valence-corrected chi connectivity index (χ1v) is 12.2. The largest absolute Gasteiger partial charge is 0.497 e. The van der Waals surface area contributed by atoms with Crippen LogP contribution >= 0.6 is 23.1 Å². The Morgan fingerprint density at radius 3 is 2.74 bits per heavy atom. The number of anilines is 2. The quantitative estimate of drug-likeness (QED) is 0.270. The Labute approximate surface area is 205 Å². The average molecular weight is 497 g/mol. The normalized spacial score (nSPS) is 10.8. The predicted octanol–water partition coefficient (Wildman–Crippen LogP) is 4.32. The highest BCUT2D eigenvalue weighted by Gasteiger charge is 2.19. The second-order valence-electron chi connectivity index (χ2n) is 7.34. The Kier molecular flexibility index (Phi) is 7.33. The molecule has 2 N–H and O–H groups in total. The van der Waals surface area contributed by atoms with Crippen LogP contribution in [0.25, 0.3) is 0 Å². The summed E-state index contributed by atoms with van der Waals surface area (Å²) in [7, 11) is 1.60. The molecule has 0 aliphatic carbocycles. The van der Waals surface area contributed by atoms with E-state index in [2.05, 4.69) is 15.2 Å². The number of carbonyl (C=O) groups is 1. The number of thioether (sulfide) groups is 1. The number of methoxy groups -OCH3 is 1. The zero-order valence-corrected chi connectivity index (χ0v) is 20.6. The number of benzene rings is 2. The van der Waals surface area contributed by atoms with E-state index >= 15 is 0 Å². The number of hydrogen-bond donors (Lipinski definition) is 1. The van der Waals surface area contributed by atoms with Gasteiger partial charge in [-0.1, -0.05) is 30.0 Å². The van der Waals surface area contributed by atoms with Crippen LogP contribution in [0.3, 0.4) is 0 Å². The van der Waals surface area contributed by atoms with Crippen LogP contribution in [0.2, 0.25) is 0 Å². The number of rotatable bonds is 9. The lowest BCUT2D eigenvalue weighted by Gasteiger charge is -2.18. The molecular formula is C23H24N6O3S2. The van der Waals surface area contributed by atoms with Crippen LogP contribution in [0.1, 0.15) is 24.0 Å². The van der Waals surface area contributed by atoms with Crippen molar-refractivity contribution >= 4 is 39.8 Å². The first-order chi connectivity index (χ1) is 16.4. The summed E-state index contributed by atoms with van der Waals surface area (Å²) in [5.41, 5.74) is 2.69. The van der Waals surface area contributed by atoms with Gasteiger partial charge < -0.3 is 15.3 Å². The molecule has 2 aromatic carbocycles. The maximum absolute atomic E-state index is 12.3. The summed E-state index contributed by atoms with van der Waals surface area (Å²) in [6.07, 6.45) is 0. The zero-order valence-electron chi connectivity index (χ0n) is 19.0. The Morgan fingerprint density at radius 1 is 1.18 bits per heavy atom. The fourth-order valence-corrected chi connectivity index (χ4v) is 4.90. The molecule has 0 unspecified atom stereocenters. The zero-order chi connectivity index (χ0) is 24.1. The van der Waals surface area contributed by atoms with Crippen molar-refractivity contribution in [1.29, 1.82) is 0 Å². The molecule has 0 spiro atoms. The highest BCUT2D eigenvalue weighted by Crippen LogP contribution is 2.31. The molecule has 0 saturated heterocycles. The van der Waals surface area contributed by atoms with Crippen LogP contribution in [0.4, 0.5) is 10.8 Å². The van der Waals surface area contributed by atoms with E-state index in [0.29, 0.717) is 33.4 Å². The number of hydrogen-bond acceptors (Lipinski definition) is 9. The summed E-state index contributed by atoms with van der Waals surface area (Å²) < 4.78 is 12.4. The van der Waals surface area contributed by atoms with E-state index in [1.54, 1.807) is 18.1 Å². The lowest BCUT2D eigenvalue weighted by molar-refractivity contribution is -0.115. The van der Waals surface area contributed by atoms with E-state index in [0.717, 1.165) is 16.9 Å². The molecule has 4 rings (SSSR count). The fraction of sp³-hybridized carbons (Fsp3) is 0.217. The molecule has 0 atom stereocenters. The van der Waals surface area contributed by atoms with Gasteiger partial charge in [0.25, 0.3) is 0 Å². The number of nitrogens with zero attached hydrogens (tertiary/aromatic N) is 5. The Bertz CT molecular complexity index is 1290. The maximum atomic E-state index is 12.3. The van der Waals surface area contributed by atoms with Gasteiger partial charge in [0, 0.05) is 24.1 Å². The van der Waals surface area contributed by atoms with Gasteiger partial charge in [0.15, 0.2) is 11.0 Å². The van der Waals surface area contributed by atoms with Gasteiger partial charge in [-0.15, -0.1) is 21.5 Å². The second-order valence-corrected chi connectivity index (χ2v) is 9.12. The minimum absolute atomic E-state index is 0.0958. The van der Waals surface area contributed by atoms with Crippen molar-refractivity contribution in [3.8, 4) is 11.5 Å². The summed E-state index contributed by atoms with van der Waals surface area (Å²) in [6, 6.07) is 15.1. The van der Waals surface area contributed by atoms with Crippen LogP contribution in [0.5, 0.6) is 11.5 Å². The summed E-state index contributed by atoms with van der Waals surface area (Å²) in [5, 5.41) is 11.4. The minimum Gasteiger partial charge on any atom is -0.497 e. The van der Waals surface area contributed by atoms with Gasteiger partial charge in [0.05, 0.1) is 18.5 Å². The molecule has 4 aromatic rings. The molecule has 34 heavy (non-hydrogen) atoms. The summed E-state index contributed by atoms with van der Waals surface area (Å²) in [6.45, 7) is 3.69. The molecular weight excluding hydrogens is 472 g/mol. The molecule has 0 aliphatic heterocycles. The van der Waals surface area contributed by atoms with E-state index in [9.17, 15) is 4.79 Å². The molecule has 11 heteroatoms. The van der Waals surface area contributed by atoms with Crippen LogP contribution in [-0.2, 0) is 17.2 Å². The maximum Gasteiger partial charge on any atom is 0.230 e. The van der Waals surface area contributed by atoms with Crippen LogP contribution in [0.15, 0.2) is 59.1 Å². The van der Waals surface area contributed by atoms with E-state index in [4.69, 9.17) is 15.3 Å². The number of carbonyl (C=O) groups excluding carboxylic acids is 1. The van der Waals surface area contributed by atoms with Crippen molar-refractivity contribution in [3.63, 3.8) is 0 Å². The third-order valence-corrected chi connectivity index (χ3v) is 6.65. The SMILES string of the molecule is COc1cccc(OCc2nnc(SCc3csc(N(C(C)=O)c4cccc(C)c4)n3)n2N)c1. The summed E-state index contributed by atoms with van der Waals surface area (Å²) in [5.74, 6) is 8.45. The van der Waals surface area contributed by atoms with E-state index < -0.39 is 0 Å². The standard InChI is InChI=1S/C23H24N6O3S2/c1-15-6-4-7-18(10-15)28(16(2)30)22-25-17(13-33-22)14-34-23-27-26-21(29(23)24)12-32-20-9-5-8-19(11-20)31-3/h4-11,13H,12,14,24H2,1-3H3. The molecule has 176 valence electrons. The smallest absolute Gasteiger partial charge is 0.230 e. The van der Waals surface area contributed by atoms with Gasteiger partial charge in [0.2, 0.25) is 11.1 Å². The van der Waals surface area contributed by atoms with E-state index in [1.165, 1.54) is 34.7 Å². The molecule has 2 heterocycles. The molecule has 0 bridgehead atoms. The molecule has 9 nitrogen and oxygen atoms in total. The summed E-state index contributed by atoms with van der Waals surface area (Å²) in [4.78, 5) is 18.6. The average Bonchev–Trinajstić information content (AvgIpc) is 3.43. The predicted molar refractivity (Wildman–Crippen MR) is 133 cm³/mol. The number of nitrogens with two attached hydrogens (primary N) is 1. The highest BCUT2D eigenvalue weighted by molar-refractivity contribution is 7.98. The number of ether oxygens (including phenoxy) is 2. The fourth-order valence-electron chi connectivity index (χ4n) is 3.14. The van der Waals surface area contributed by atoms with Crippen LogP contribution in [-0.4, -0.2) is 32.9 Å². The van der Waals surface area contributed by atoms with Crippen molar-refractivity contribution in [1.82, 2.24) is 19.9 Å². The van der Waals surface area contributed by atoms with Gasteiger partial charge in [-0.2, -0.15) is 0 Å². The molecule has 0 aliphatic rings. The Balaban J connectivity index is 1.40. The van der Waals surface area contributed by atoms with Crippen molar-refractivity contribution in [2.24, 2.45) is 0 Å². The monoisotopic (exact) mass is 496 g/mol. The first-order valence-electron chi connectivity index (χ1n) is 10.4. The van der Waals surface area contributed by atoms with E-state index in [-0.39, 0.29) is 12.5 Å². The number of thiazole rings is 1. The Hall–Kier alpha value is -3.57. The van der Waals surface area contributed by atoms with Crippen LogP contribution < -0.4 is 20.2 Å². The van der Waals surface area contributed by atoms with Gasteiger partial charge in [-0.25, -0.2) is 9.66 Å². The van der Waals surface area contributed by atoms with Gasteiger partial charge >= 0.3 is 0 Å². The molecule has 0 fully saturated rings. The number of nitrogen functional groups attached to an aromatic ring is 1. The Morgan fingerprint density at radius 2 is 1.97 bits per heavy atom. The molecule has 1 amide bonds.